The molecule has 2 rings (SSSR count). The van der Waals surface area contributed by atoms with Gasteiger partial charge in [-0.1, -0.05) is 13.8 Å². The Balaban J connectivity index is 1.89. The number of nitrogens with zero attached hydrogens (tertiary/aromatic N) is 1. The van der Waals surface area contributed by atoms with Crippen molar-refractivity contribution in [3.8, 4) is 0 Å². The molecule has 3 unspecified atom stereocenters. The Morgan fingerprint density at radius 2 is 2.13 bits per heavy atom. The zero-order valence-corrected chi connectivity index (χ0v) is 9.99. The molecule has 3 nitrogen and oxygen atoms in total. The van der Waals surface area contributed by atoms with E-state index in [1.54, 1.807) is 0 Å². The van der Waals surface area contributed by atoms with Crippen molar-refractivity contribution in [1.82, 2.24) is 4.90 Å². The molecule has 15 heavy (non-hydrogen) atoms. The largest absolute Gasteiger partial charge is 0.342 e. The van der Waals surface area contributed by atoms with Gasteiger partial charge in [0, 0.05) is 25.0 Å². The Kier molecular flexibility index (Phi) is 2.53. The lowest BCUT2D eigenvalue weighted by Crippen LogP contribution is -2.34. The van der Waals surface area contributed by atoms with Crippen molar-refractivity contribution >= 4 is 5.91 Å². The third-order valence-electron chi connectivity index (χ3n) is 4.09. The summed E-state index contributed by atoms with van der Waals surface area (Å²) in [5.41, 5.74) is 6.12. The van der Waals surface area contributed by atoms with Gasteiger partial charge < -0.3 is 10.6 Å². The van der Waals surface area contributed by atoms with Crippen molar-refractivity contribution in [2.75, 3.05) is 13.1 Å². The summed E-state index contributed by atoms with van der Waals surface area (Å²) in [7, 11) is 0. The zero-order chi connectivity index (χ0) is 11.2. The number of carbonyl (C=O) groups is 1. The highest BCUT2D eigenvalue weighted by Gasteiger charge is 2.52. The maximum absolute atomic E-state index is 12.1. The minimum Gasteiger partial charge on any atom is -0.342 e. The van der Waals surface area contributed by atoms with Crippen LogP contribution in [0, 0.1) is 17.3 Å². The molecule has 0 spiro atoms. The SMILES string of the molecule is CC(N)C1CCN(C(=O)C2CC2(C)C)C1. The standard InChI is InChI=1S/C12H22N2O/c1-8(13)9-4-5-14(7-9)11(15)10-6-12(10,2)3/h8-10H,4-7,13H2,1-3H3. The number of nitrogens with two attached hydrogens (primary N) is 1. The van der Waals surface area contributed by atoms with Crippen molar-refractivity contribution in [3.63, 3.8) is 0 Å². The molecule has 1 aliphatic heterocycles. The average molecular weight is 210 g/mol. The fraction of sp³-hybridized carbons (Fsp3) is 0.917. The molecule has 3 heteroatoms. The van der Waals surface area contributed by atoms with E-state index in [9.17, 15) is 4.79 Å². The number of hydrogen-bond donors (Lipinski definition) is 1. The number of carbonyl (C=O) groups excluding carboxylic acids is 1. The Bertz CT molecular complexity index is 273. The van der Waals surface area contributed by atoms with Crippen LogP contribution in [0.3, 0.4) is 0 Å². The summed E-state index contributed by atoms with van der Waals surface area (Å²) >= 11 is 0. The van der Waals surface area contributed by atoms with E-state index in [1.807, 2.05) is 11.8 Å². The first-order valence-electron chi connectivity index (χ1n) is 5.96. The molecule has 0 bridgehead atoms. The smallest absolute Gasteiger partial charge is 0.226 e. The minimum absolute atomic E-state index is 0.218. The molecule has 2 aliphatic rings. The second-order valence-electron chi connectivity index (χ2n) is 5.94. The van der Waals surface area contributed by atoms with Gasteiger partial charge in [-0.25, -0.2) is 0 Å². The number of likely N-dealkylation sites (tertiary alicyclic amines) is 1. The molecule has 3 atom stereocenters. The lowest BCUT2D eigenvalue weighted by Gasteiger charge is -2.18. The zero-order valence-electron chi connectivity index (χ0n) is 9.99. The number of amides is 1. The summed E-state index contributed by atoms with van der Waals surface area (Å²) < 4.78 is 0. The molecular weight excluding hydrogens is 188 g/mol. The van der Waals surface area contributed by atoms with E-state index in [-0.39, 0.29) is 17.4 Å². The van der Waals surface area contributed by atoms with Gasteiger partial charge >= 0.3 is 0 Å². The molecule has 1 amide bonds. The summed E-state index contributed by atoms with van der Waals surface area (Å²) in [4.78, 5) is 14.1. The Hall–Kier alpha value is -0.570. The summed E-state index contributed by atoms with van der Waals surface area (Å²) in [6.07, 6.45) is 2.14. The normalized spacial score (nSPS) is 35.3. The quantitative estimate of drug-likeness (QED) is 0.745. The third kappa shape index (κ3) is 2.03. The Morgan fingerprint density at radius 3 is 2.53 bits per heavy atom. The molecule has 0 radical (unpaired) electrons. The van der Waals surface area contributed by atoms with Crippen LogP contribution in [-0.2, 0) is 4.79 Å². The first kappa shape index (κ1) is 10.9. The fourth-order valence-electron chi connectivity index (χ4n) is 2.53. The monoisotopic (exact) mass is 210 g/mol. The topological polar surface area (TPSA) is 46.3 Å². The minimum atomic E-state index is 0.218. The van der Waals surface area contributed by atoms with Crippen molar-refractivity contribution in [3.05, 3.63) is 0 Å². The Morgan fingerprint density at radius 1 is 1.53 bits per heavy atom. The van der Waals surface area contributed by atoms with E-state index in [1.165, 1.54) is 0 Å². The van der Waals surface area contributed by atoms with Gasteiger partial charge in [0.25, 0.3) is 0 Å². The van der Waals surface area contributed by atoms with Crippen LogP contribution in [0.25, 0.3) is 0 Å². The van der Waals surface area contributed by atoms with Crippen molar-refractivity contribution in [1.29, 1.82) is 0 Å². The maximum Gasteiger partial charge on any atom is 0.226 e. The molecule has 1 aliphatic carbocycles. The van der Waals surface area contributed by atoms with Gasteiger partial charge in [0.2, 0.25) is 5.91 Å². The second-order valence-corrected chi connectivity index (χ2v) is 5.94. The average Bonchev–Trinajstić information content (AvgIpc) is 2.65. The molecule has 2 N–H and O–H groups in total. The van der Waals surface area contributed by atoms with E-state index in [2.05, 4.69) is 13.8 Å². The Labute approximate surface area is 92.0 Å². The van der Waals surface area contributed by atoms with Crippen LogP contribution in [0.2, 0.25) is 0 Å². The molecule has 1 saturated heterocycles. The molecule has 0 aromatic heterocycles. The van der Waals surface area contributed by atoms with Crippen LogP contribution in [0.5, 0.6) is 0 Å². The highest BCUT2D eigenvalue weighted by Crippen LogP contribution is 2.52. The van der Waals surface area contributed by atoms with Crippen LogP contribution in [-0.4, -0.2) is 29.9 Å². The third-order valence-corrected chi connectivity index (χ3v) is 4.09. The number of rotatable bonds is 2. The van der Waals surface area contributed by atoms with Crippen LogP contribution < -0.4 is 5.73 Å². The van der Waals surface area contributed by atoms with Crippen LogP contribution in [0.4, 0.5) is 0 Å². The number of hydrogen-bond acceptors (Lipinski definition) is 2. The first-order valence-corrected chi connectivity index (χ1v) is 5.96. The molecule has 86 valence electrons. The molecule has 0 aromatic rings. The van der Waals surface area contributed by atoms with E-state index >= 15 is 0 Å². The van der Waals surface area contributed by atoms with E-state index in [0.717, 1.165) is 25.9 Å². The second kappa shape index (κ2) is 3.48. The fourth-order valence-corrected chi connectivity index (χ4v) is 2.53. The lowest BCUT2D eigenvalue weighted by atomic mass is 10.0. The highest BCUT2D eigenvalue weighted by molar-refractivity contribution is 5.82. The van der Waals surface area contributed by atoms with Crippen LogP contribution in [0.1, 0.15) is 33.6 Å². The maximum atomic E-state index is 12.1. The molecule has 1 heterocycles. The molecular formula is C12H22N2O. The van der Waals surface area contributed by atoms with Gasteiger partial charge in [0.05, 0.1) is 0 Å². The summed E-state index contributed by atoms with van der Waals surface area (Å²) in [6.45, 7) is 8.18. The summed E-state index contributed by atoms with van der Waals surface area (Å²) in [5, 5.41) is 0. The molecule has 1 saturated carbocycles. The first-order chi connectivity index (χ1) is 6.92. The van der Waals surface area contributed by atoms with Crippen molar-refractivity contribution < 1.29 is 4.79 Å². The van der Waals surface area contributed by atoms with Gasteiger partial charge in [-0.05, 0) is 31.1 Å². The van der Waals surface area contributed by atoms with Crippen molar-refractivity contribution in [2.45, 2.75) is 39.7 Å². The van der Waals surface area contributed by atoms with Gasteiger partial charge in [-0.15, -0.1) is 0 Å². The predicted octanol–water partition coefficient (Wildman–Crippen LogP) is 1.23. The summed E-state index contributed by atoms with van der Waals surface area (Å²) in [5.74, 6) is 1.16. The van der Waals surface area contributed by atoms with Gasteiger partial charge in [-0.2, -0.15) is 0 Å². The van der Waals surface area contributed by atoms with Crippen LogP contribution >= 0.6 is 0 Å². The van der Waals surface area contributed by atoms with Crippen molar-refractivity contribution in [2.24, 2.45) is 23.0 Å². The highest BCUT2D eigenvalue weighted by atomic mass is 16.2. The molecule has 2 fully saturated rings. The van der Waals surface area contributed by atoms with Gasteiger partial charge in [0.15, 0.2) is 0 Å². The van der Waals surface area contributed by atoms with E-state index in [0.29, 0.717) is 11.8 Å². The van der Waals surface area contributed by atoms with Gasteiger partial charge in [-0.3, -0.25) is 4.79 Å². The lowest BCUT2D eigenvalue weighted by molar-refractivity contribution is -0.132. The van der Waals surface area contributed by atoms with Crippen LogP contribution in [0.15, 0.2) is 0 Å². The van der Waals surface area contributed by atoms with Gasteiger partial charge in [0.1, 0.15) is 0 Å². The predicted molar refractivity (Wildman–Crippen MR) is 60.2 cm³/mol. The summed E-state index contributed by atoms with van der Waals surface area (Å²) in [6, 6.07) is 0.218. The van der Waals surface area contributed by atoms with E-state index in [4.69, 9.17) is 5.73 Å². The van der Waals surface area contributed by atoms with E-state index < -0.39 is 0 Å². The molecule has 0 aromatic carbocycles.